The summed E-state index contributed by atoms with van der Waals surface area (Å²) in [6.07, 6.45) is 1.51. The average Bonchev–Trinajstić information content (AvgIpc) is 2.45. The van der Waals surface area contributed by atoms with E-state index in [1.165, 1.54) is 11.0 Å². The van der Waals surface area contributed by atoms with Crippen molar-refractivity contribution in [3.05, 3.63) is 59.1 Å². The van der Waals surface area contributed by atoms with Gasteiger partial charge in [-0.15, -0.1) is 6.58 Å². The third-order valence-electron chi connectivity index (χ3n) is 3.01. The molecule has 2 aromatic rings. The molecule has 0 aliphatic carbocycles. The SMILES string of the molecule is C=CCN(CC(=O)O)C(=O)c1ccc2cc(Br)ccc2c1. The van der Waals surface area contributed by atoms with Crippen molar-refractivity contribution in [2.45, 2.75) is 0 Å². The molecule has 21 heavy (non-hydrogen) atoms. The van der Waals surface area contributed by atoms with E-state index in [1.54, 1.807) is 12.1 Å². The number of hydrogen-bond donors (Lipinski definition) is 1. The molecule has 0 heterocycles. The van der Waals surface area contributed by atoms with E-state index < -0.39 is 5.97 Å². The van der Waals surface area contributed by atoms with Crippen LogP contribution in [-0.2, 0) is 4.79 Å². The fourth-order valence-corrected chi connectivity index (χ4v) is 2.45. The smallest absolute Gasteiger partial charge is 0.323 e. The molecule has 1 N–H and O–H groups in total. The van der Waals surface area contributed by atoms with Gasteiger partial charge < -0.3 is 10.0 Å². The van der Waals surface area contributed by atoms with E-state index in [1.807, 2.05) is 24.3 Å². The zero-order chi connectivity index (χ0) is 15.4. The Labute approximate surface area is 130 Å². The van der Waals surface area contributed by atoms with Crippen molar-refractivity contribution in [3.8, 4) is 0 Å². The van der Waals surface area contributed by atoms with Crippen LogP contribution in [0.15, 0.2) is 53.5 Å². The molecule has 0 atom stereocenters. The van der Waals surface area contributed by atoms with Crippen molar-refractivity contribution < 1.29 is 14.7 Å². The number of nitrogens with zero attached hydrogens (tertiary/aromatic N) is 1. The number of benzene rings is 2. The Bertz CT molecular complexity index is 712. The van der Waals surface area contributed by atoms with Gasteiger partial charge in [-0.3, -0.25) is 9.59 Å². The molecule has 5 heteroatoms. The lowest BCUT2D eigenvalue weighted by Gasteiger charge is -2.19. The lowest BCUT2D eigenvalue weighted by Crippen LogP contribution is -2.35. The second kappa shape index (κ2) is 6.54. The molecule has 0 aliphatic rings. The second-order valence-corrected chi connectivity index (χ2v) is 5.49. The zero-order valence-electron chi connectivity index (χ0n) is 11.3. The number of carbonyl (C=O) groups excluding carboxylic acids is 1. The highest BCUT2D eigenvalue weighted by molar-refractivity contribution is 9.10. The maximum Gasteiger partial charge on any atom is 0.323 e. The van der Waals surface area contributed by atoms with Crippen LogP contribution in [0.1, 0.15) is 10.4 Å². The number of fused-ring (bicyclic) bond motifs is 1. The van der Waals surface area contributed by atoms with E-state index in [4.69, 9.17) is 5.11 Å². The van der Waals surface area contributed by atoms with Crippen LogP contribution in [0, 0.1) is 0 Å². The number of carbonyl (C=O) groups is 2. The maximum atomic E-state index is 12.4. The summed E-state index contributed by atoms with van der Waals surface area (Å²) < 4.78 is 0.966. The van der Waals surface area contributed by atoms with Crippen molar-refractivity contribution in [2.24, 2.45) is 0 Å². The maximum absolute atomic E-state index is 12.4. The first-order valence-corrected chi connectivity index (χ1v) is 7.12. The fraction of sp³-hybridized carbons (Fsp3) is 0.125. The van der Waals surface area contributed by atoms with E-state index in [-0.39, 0.29) is 19.0 Å². The summed E-state index contributed by atoms with van der Waals surface area (Å²) in [5.74, 6) is -1.36. The molecule has 4 nitrogen and oxygen atoms in total. The normalized spacial score (nSPS) is 10.3. The first-order valence-electron chi connectivity index (χ1n) is 6.32. The monoisotopic (exact) mass is 347 g/mol. The molecule has 108 valence electrons. The molecular weight excluding hydrogens is 334 g/mol. The molecule has 0 aromatic heterocycles. The van der Waals surface area contributed by atoms with Crippen LogP contribution in [0.4, 0.5) is 0 Å². The second-order valence-electron chi connectivity index (χ2n) is 4.57. The Morgan fingerprint density at radius 2 is 1.86 bits per heavy atom. The highest BCUT2D eigenvalue weighted by atomic mass is 79.9. The molecule has 2 rings (SSSR count). The zero-order valence-corrected chi connectivity index (χ0v) is 12.8. The summed E-state index contributed by atoms with van der Waals surface area (Å²) in [5, 5.41) is 10.8. The van der Waals surface area contributed by atoms with Crippen LogP contribution in [0.5, 0.6) is 0 Å². The van der Waals surface area contributed by atoms with Crippen LogP contribution in [0.2, 0.25) is 0 Å². The summed E-state index contributed by atoms with van der Waals surface area (Å²) in [7, 11) is 0. The predicted octanol–water partition coefficient (Wildman–Crippen LogP) is 3.32. The Kier molecular flexibility index (Phi) is 4.75. The average molecular weight is 348 g/mol. The van der Waals surface area contributed by atoms with E-state index in [0.29, 0.717) is 5.56 Å². The van der Waals surface area contributed by atoms with Crippen LogP contribution in [0.25, 0.3) is 10.8 Å². The van der Waals surface area contributed by atoms with Gasteiger partial charge in [0.25, 0.3) is 5.91 Å². The number of halogens is 1. The first-order chi connectivity index (χ1) is 10.0. The van der Waals surface area contributed by atoms with Gasteiger partial charge in [0.2, 0.25) is 0 Å². The van der Waals surface area contributed by atoms with Crippen molar-refractivity contribution in [3.63, 3.8) is 0 Å². The molecule has 0 fully saturated rings. The summed E-state index contributed by atoms with van der Waals surface area (Å²) in [6.45, 7) is 3.41. The predicted molar refractivity (Wildman–Crippen MR) is 85.4 cm³/mol. The molecular formula is C16H14BrNO3. The Hall–Kier alpha value is -2.14. The summed E-state index contributed by atoms with van der Waals surface area (Å²) in [6, 6.07) is 11.1. The number of aliphatic carboxylic acids is 1. The van der Waals surface area contributed by atoms with Crippen LogP contribution in [0.3, 0.4) is 0 Å². The molecule has 0 aliphatic heterocycles. The molecule has 0 radical (unpaired) electrons. The van der Waals surface area contributed by atoms with Gasteiger partial charge in [0, 0.05) is 16.6 Å². The van der Waals surface area contributed by atoms with Gasteiger partial charge in [-0.25, -0.2) is 0 Å². The Balaban J connectivity index is 2.34. The lowest BCUT2D eigenvalue weighted by molar-refractivity contribution is -0.137. The standard InChI is InChI=1S/C16H14BrNO3/c1-2-7-18(10-15(19)20)16(21)13-4-3-12-9-14(17)6-5-11(12)8-13/h2-6,8-9H,1,7,10H2,(H,19,20). The minimum Gasteiger partial charge on any atom is -0.480 e. The summed E-state index contributed by atoms with van der Waals surface area (Å²) in [5.41, 5.74) is 0.466. The Morgan fingerprint density at radius 1 is 1.19 bits per heavy atom. The van der Waals surface area contributed by atoms with E-state index in [2.05, 4.69) is 22.5 Å². The fourth-order valence-electron chi connectivity index (χ4n) is 2.07. The quantitative estimate of drug-likeness (QED) is 0.844. The van der Waals surface area contributed by atoms with Gasteiger partial charge in [-0.05, 0) is 35.0 Å². The van der Waals surface area contributed by atoms with Gasteiger partial charge >= 0.3 is 5.97 Å². The highest BCUT2D eigenvalue weighted by Gasteiger charge is 2.17. The number of carboxylic acids is 1. The van der Waals surface area contributed by atoms with Gasteiger partial charge in [0.15, 0.2) is 0 Å². The number of rotatable bonds is 5. The van der Waals surface area contributed by atoms with Gasteiger partial charge in [0.05, 0.1) is 0 Å². The minimum atomic E-state index is -1.05. The molecule has 0 saturated carbocycles. The minimum absolute atomic E-state index is 0.198. The molecule has 1 amide bonds. The number of carboxylic acid groups (broad SMARTS) is 1. The first kappa shape index (κ1) is 15.3. The van der Waals surface area contributed by atoms with Gasteiger partial charge in [-0.1, -0.05) is 34.1 Å². The molecule has 0 unspecified atom stereocenters. The van der Waals surface area contributed by atoms with Gasteiger partial charge in [-0.2, -0.15) is 0 Å². The van der Waals surface area contributed by atoms with Crippen LogP contribution < -0.4 is 0 Å². The number of amides is 1. The highest BCUT2D eigenvalue weighted by Crippen LogP contribution is 2.21. The van der Waals surface area contributed by atoms with E-state index in [9.17, 15) is 9.59 Å². The molecule has 2 aromatic carbocycles. The summed E-state index contributed by atoms with van der Waals surface area (Å²) in [4.78, 5) is 24.5. The lowest BCUT2D eigenvalue weighted by atomic mass is 10.1. The van der Waals surface area contributed by atoms with Crippen molar-refractivity contribution >= 4 is 38.6 Å². The summed E-state index contributed by atoms with van der Waals surface area (Å²) >= 11 is 3.40. The Morgan fingerprint density at radius 3 is 2.52 bits per heavy atom. The molecule has 0 saturated heterocycles. The van der Waals surface area contributed by atoms with E-state index >= 15 is 0 Å². The third-order valence-corrected chi connectivity index (χ3v) is 3.51. The van der Waals surface area contributed by atoms with Crippen LogP contribution in [-0.4, -0.2) is 35.0 Å². The topological polar surface area (TPSA) is 57.6 Å². The third kappa shape index (κ3) is 3.70. The largest absolute Gasteiger partial charge is 0.480 e. The van der Waals surface area contributed by atoms with Crippen LogP contribution >= 0.6 is 15.9 Å². The van der Waals surface area contributed by atoms with Gasteiger partial charge in [0.1, 0.15) is 6.54 Å². The molecule has 0 bridgehead atoms. The molecule has 0 spiro atoms. The van der Waals surface area contributed by atoms with Crippen molar-refractivity contribution in [1.82, 2.24) is 4.90 Å². The van der Waals surface area contributed by atoms with Crippen molar-refractivity contribution in [1.29, 1.82) is 0 Å². The van der Waals surface area contributed by atoms with Crippen molar-refractivity contribution in [2.75, 3.05) is 13.1 Å². The van der Waals surface area contributed by atoms with E-state index in [0.717, 1.165) is 15.2 Å². The number of hydrogen-bond acceptors (Lipinski definition) is 2.